The van der Waals surface area contributed by atoms with Crippen molar-refractivity contribution in [1.82, 2.24) is 0 Å². The predicted molar refractivity (Wildman–Crippen MR) is 103 cm³/mol. The summed E-state index contributed by atoms with van der Waals surface area (Å²) in [5.74, 6) is 0.656. The van der Waals surface area contributed by atoms with Crippen molar-refractivity contribution in [3.63, 3.8) is 0 Å². The third-order valence-corrected chi connectivity index (χ3v) is 6.03. The molecule has 3 aromatic carbocycles. The van der Waals surface area contributed by atoms with Crippen LogP contribution >= 0.6 is 0 Å². The van der Waals surface area contributed by atoms with E-state index in [0.717, 1.165) is 11.1 Å². The van der Waals surface area contributed by atoms with Gasteiger partial charge in [0.2, 0.25) is 5.78 Å². The molecule has 2 heteroatoms. The molecule has 0 unspecified atom stereocenters. The lowest BCUT2D eigenvalue weighted by molar-refractivity contribution is 0.102. The highest BCUT2D eigenvalue weighted by Gasteiger charge is 2.28. The summed E-state index contributed by atoms with van der Waals surface area (Å²) < 4.78 is 0. The number of rotatable bonds is 6. The van der Waals surface area contributed by atoms with Crippen molar-refractivity contribution in [1.29, 1.82) is 0 Å². The van der Waals surface area contributed by atoms with Crippen molar-refractivity contribution in [2.75, 3.05) is 5.75 Å². The Hall–Kier alpha value is -2.58. The molecule has 24 heavy (non-hydrogen) atoms. The standard InChI is InChI=1S/C22H19OS/c1-2-18-13-15-19(16-14-18)22(23)17-24(20-9-5-3-6-10-20)21-11-7-4-8-12-21/h2-16H,1,17H2/q+1. The monoisotopic (exact) mass is 331 g/mol. The van der Waals surface area contributed by atoms with Gasteiger partial charge >= 0.3 is 0 Å². The second-order valence-electron chi connectivity index (χ2n) is 5.41. The normalized spacial score (nSPS) is 10.5. The number of ketones is 1. The Kier molecular flexibility index (Phi) is 5.29. The first-order valence-corrected chi connectivity index (χ1v) is 9.24. The minimum Gasteiger partial charge on any atom is -0.289 e. The first-order valence-electron chi connectivity index (χ1n) is 7.84. The van der Waals surface area contributed by atoms with Crippen LogP contribution in [0.25, 0.3) is 6.08 Å². The van der Waals surface area contributed by atoms with Crippen molar-refractivity contribution in [2.45, 2.75) is 9.79 Å². The molecule has 0 aromatic heterocycles. The highest BCUT2D eigenvalue weighted by molar-refractivity contribution is 7.97. The molecular weight excluding hydrogens is 312 g/mol. The number of Topliss-reactive ketones (excluding diaryl/α,β-unsaturated/α-hetero) is 1. The summed E-state index contributed by atoms with van der Waals surface area (Å²) >= 11 is 0. The lowest BCUT2D eigenvalue weighted by Gasteiger charge is -2.08. The average Bonchev–Trinajstić information content (AvgIpc) is 2.67. The molecule has 1 nitrogen and oxygen atoms in total. The lowest BCUT2D eigenvalue weighted by atomic mass is 10.1. The Morgan fingerprint density at radius 3 is 1.75 bits per heavy atom. The van der Waals surface area contributed by atoms with E-state index in [0.29, 0.717) is 5.75 Å². The zero-order valence-electron chi connectivity index (χ0n) is 13.4. The summed E-state index contributed by atoms with van der Waals surface area (Å²) in [6, 6.07) is 28.2. The smallest absolute Gasteiger partial charge is 0.212 e. The van der Waals surface area contributed by atoms with Crippen LogP contribution in [0, 0.1) is 0 Å². The molecule has 0 fully saturated rings. The summed E-state index contributed by atoms with van der Waals surface area (Å²) in [5.41, 5.74) is 1.78. The van der Waals surface area contributed by atoms with Crippen LogP contribution < -0.4 is 0 Å². The SMILES string of the molecule is C=Cc1ccc(C(=O)C[S+](c2ccccc2)c2ccccc2)cc1. The van der Waals surface area contributed by atoms with Gasteiger partial charge in [-0.1, -0.05) is 73.3 Å². The van der Waals surface area contributed by atoms with Gasteiger partial charge in [0.25, 0.3) is 0 Å². The van der Waals surface area contributed by atoms with Crippen LogP contribution in [-0.4, -0.2) is 11.5 Å². The summed E-state index contributed by atoms with van der Waals surface area (Å²) in [6.45, 7) is 3.75. The molecule has 0 amide bonds. The van der Waals surface area contributed by atoms with Crippen LogP contribution in [0.4, 0.5) is 0 Å². The van der Waals surface area contributed by atoms with Crippen molar-refractivity contribution in [3.8, 4) is 0 Å². The molecule has 0 aliphatic heterocycles. The quantitative estimate of drug-likeness (QED) is 0.445. The van der Waals surface area contributed by atoms with Crippen LogP contribution in [0.15, 0.2) is 101 Å². The van der Waals surface area contributed by atoms with Crippen LogP contribution in [0.5, 0.6) is 0 Å². The summed E-state index contributed by atoms with van der Waals surface area (Å²) in [6.07, 6.45) is 1.78. The van der Waals surface area contributed by atoms with Crippen molar-refractivity contribution >= 4 is 22.8 Å². The third kappa shape index (κ3) is 3.84. The lowest BCUT2D eigenvalue weighted by Crippen LogP contribution is -2.17. The molecule has 0 bridgehead atoms. The molecule has 0 heterocycles. The molecule has 0 atom stereocenters. The van der Waals surface area contributed by atoms with Gasteiger partial charge in [-0.15, -0.1) is 0 Å². The summed E-state index contributed by atoms with van der Waals surface area (Å²) in [5, 5.41) is 0. The van der Waals surface area contributed by atoms with E-state index < -0.39 is 0 Å². The van der Waals surface area contributed by atoms with Gasteiger partial charge in [-0.25, -0.2) is 0 Å². The summed E-state index contributed by atoms with van der Waals surface area (Å²) in [7, 11) is -0.259. The van der Waals surface area contributed by atoms with Crippen molar-refractivity contribution < 1.29 is 4.79 Å². The molecular formula is C22H19OS+. The van der Waals surface area contributed by atoms with Gasteiger partial charge in [0.15, 0.2) is 15.5 Å². The van der Waals surface area contributed by atoms with Gasteiger partial charge in [-0.2, -0.15) is 0 Å². The second kappa shape index (κ2) is 7.80. The van der Waals surface area contributed by atoms with E-state index in [1.807, 2.05) is 60.7 Å². The van der Waals surface area contributed by atoms with E-state index in [2.05, 4.69) is 30.8 Å². The van der Waals surface area contributed by atoms with Gasteiger partial charge in [0.05, 0.1) is 10.9 Å². The number of hydrogen-bond acceptors (Lipinski definition) is 1. The van der Waals surface area contributed by atoms with Crippen LogP contribution in [0.1, 0.15) is 15.9 Å². The number of benzene rings is 3. The highest BCUT2D eigenvalue weighted by Crippen LogP contribution is 2.24. The molecule has 3 aromatic rings. The van der Waals surface area contributed by atoms with Crippen LogP contribution in [0.2, 0.25) is 0 Å². The first-order chi connectivity index (χ1) is 11.8. The second-order valence-corrected chi connectivity index (χ2v) is 7.42. The number of carbonyl (C=O) groups excluding carboxylic acids is 1. The fourth-order valence-corrected chi connectivity index (χ4v) is 4.50. The molecule has 3 rings (SSSR count). The van der Waals surface area contributed by atoms with Gasteiger partial charge < -0.3 is 0 Å². The molecule has 0 spiro atoms. The maximum atomic E-state index is 12.8. The van der Waals surface area contributed by atoms with Gasteiger partial charge in [-0.05, 0) is 29.8 Å². The number of hydrogen-bond donors (Lipinski definition) is 0. The Morgan fingerprint density at radius 2 is 1.29 bits per heavy atom. The average molecular weight is 331 g/mol. The third-order valence-electron chi connectivity index (χ3n) is 3.80. The van der Waals surface area contributed by atoms with Crippen molar-refractivity contribution in [2.24, 2.45) is 0 Å². The van der Waals surface area contributed by atoms with Gasteiger partial charge in [0, 0.05) is 5.56 Å². The fourth-order valence-electron chi connectivity index (χ4n) is 2.49. The largest absolute Gasteiger partial charge is 0.289 e. The topological polar surface area (TPSA) is 17.1 Å². The van der Waals surface area contributed by atoms with E-state index in [4.69, 9.17) is 0 Å². The van der Waals surface area contributed by atoms with E-state index in [1.165, 1.54) is 9.79 Å². The molecule has 0 aliphatic rings. The molecule has 118 valence electrons. The predicted octanol–water partition coefficient (Wildman–Crippen LogP) is 5.25. The maximum Gasteiger partial charge on any atom is 0.212 e. The molecule has 0 saturated carbocycles. The van der Waals surface area contributed by atoms with E-state index in [1.54, 1.807) is 6.08 Å². The summed E-state index contributed by atoms with van der Waals surface area (Å²) in [4.78, 5) is 15.2. The minimum absolute atomic E-state index is 0.168. The Bertz CT molecular complexity index is 768. The zero-order chi connectivity index (χ0) is 16.8. The molecule has 0 saturated heterocycles. The van der Waals surface area contributed by atoms with Crippen LogP contribution in [-0.2, 0) is 10.9 Å². The van der Waals surface area contributed by atoms with E-state index in [9.17, 15) is 4.79 Å². The van der Waals surface area contributed by atoms with Gasteiger partial charge in [-0.3, -0.25) is 4.79 Å². The molecule has 0 radical (unpaired) electrons. The van der Waals surface area contributed by atoms with Gasteiger partial charge in [0.1, 0.15) is 0 Å². The minimum atomic E-state index is -0.259. The highest BCUT2D eigenvalue weighted by atomic mass is 32.2. The maximum absolute atomic E-state index is 12.8. The van der Waals surface area contributed by atoms with E-state index in [-0.39, 0.29) is 16.7 Å². The zero-order valence-corrected chi connectivity index (χ0v) is 14.2. The Labute approximate surface area is 146 Å². The Morgan fingerprint density at radius 1 is 0.792 bits per heavy atom. The van der Waals surface area contributed by atoms with Crippen LogP contribution in [0.3, 0.4) is 0 Å². The fraction of sp³-hybridized carbons (Fsp3) is 0.0455. The Balaban J connectivity index is 1.89. The van der Waals surface area contributed by atoms with Crippen molar-refractivity contribution in [3.05, 3.63) is 103 Å². The number of carbonyl (C=O) groups is 1. The molecule has 0 N–H and O–H groups in total. The first kappa shape index (κ1) is 16.3. The van der Waals surface area contributed by atoms with E-state index >= 15 is 0 Å². The molecule has 0 aliphatic carbocycles.